The second-order valence-corrected chi connectivity index (χ2v) is 6.00. The van der Waals surface area contributed by atoms with Crippen LogP contribution in [0.25, 0.3) is 11.0 Å². The van der Waals surface area contributed by atoms with Gasteiger partial charge in [0.2, 0.25) is 0 Å². The Balaban J connectivity index is 1.95. The first-order valence-corrected chi connectivity index (χ1v) is 8.19. The molecule has 6 heteroatoms. The summed E-state index contributed by atoms with van der Waals surface area (Å²) < 4.78 is 10.6. The number of hydrogen-bond donors (Lipinski definition) is 0. The van der Waals surface area contributed by atoms with Crippen molar-refractivity contribution < 1.29 is 14.3 Å². The number of carbonyl (C=O) groups excluding carboxylic acids is 1. The molecule has 0 aliphatic carbocycles. The van der Waals surface area contributed by atoms with E-state index in [0.29, 0.717) is 28.3 Å². The summed E-state index contributed by atoms with van der Waals surface area (Å²) in [4.78, 5) is 23.5. The van der Waals surface area contributed by atoms with E-state index in [1.54, 1.807) is 50.4 Å². The molecule has 0 aliphatic heterocycles. The predicted octanol–water partition coefficient (Wildman–Crippen LogP) is 3.54. The lowest BCUT2D eigenvalue weighted by Gasteiger charge is -2.19. The number of anilines is 1. The minimum atomic E-state index is -0.140. The Bertz CT molecular complexity index is 985. The molecule has 0 unspecified atom stereocenters. The van der Waals surface area contributed by atoms with Crippen molar-refractivity contribution in [1.82, 2.24) is 9.97 Å². The Morgan fingerprint density at radius 1 is 0.885 bits per heavy atom. The van der Waals surface area contributed by atoms with E-state index in [9.17, 15) is 4.79 Å². The Kier molecular flexibility index (Phi) is 4.75. The molecule has 6 nitrogen and oxygen atoms in total. The summed E-state index contributed by atoms with van der Waals surface area (Å²) in [6, 6.07) is 10.7. The SMILES string of the molecule is COc1ccc(N(C)C(=O)c2ccc3nc(C)c(C)nc3c2)cc1OC. The predicted molar refractivity (Wildman–Crippen MR) is 101 cm³/mol. The molecule has 1 aromatic heterocycles. The monoisotopic (exact) mass is 351 g/mol. The van der Waals surface area contributed by atoms with Gasteiger partial charge in [0.1, 0.15) is 0 Å². The minimum Gasteiger partial charge on any atom is -0.493 e. The summed E-state index contributed by atoms with van der Waals surface area (Å²) in [6.07, 6.45) is 0. The third kappa shape index (κ3) is 3.18. The van der Waals surface area contributed by atoms with Crippen LogP contribution in [0, 0.1) is 13.8 Å². The third-order valence-electron chi connectivity index (χ3n) is 4.38. The van der Waals surface area contributed by atoms with Gasteiger partial charge in [0, 0.05) is 24.4 Å². The van der Waals surface area contributed by atoms with Gasteiger partial charge in [0.25, 0.3) is 5.91 Å². The molecule has 1 amide bonds. The first kappa shape index (κ1) is 17.7. The van der Waals surface area contributed by atoms with Crippen LogP contribution in [0.4, 0.5) is 5.69 Å². The van der Waals surface area contributed by atoms with Crippen LogP contribution in [0.5, 0.6) is 11.5 Å². The molecule has 3 aromatic rings. The summed E-state index contributed by atoms with van der Waals surface area (Å²) in [7, 11) is 4.86. The summed E-state index contributed by atoms with van der Waals surface area (Å²) in [5.74, 6) is 1.04. The lowest BCUT2D eigenvalue weighted by atomic mass is 10.1. The van der Waals surface area contributed by atoms with Crippen LogP contribution >= 0.6 is 0 Å². The maximum atomic E-state index is 12.9. The van der Waals surface area contributed by atoms with Gasteiger partial charge in [-0.3, -0.25) is 4.79 Å². The van der Waals surface area contributed by atoms with E-state index in [2.05, 4.69) is 9.97 Å². The van der Waals surface area contributed by atoms with E-state index in [4.69, 9.17) is 9.47 Å². The highest BCUT2D eigenvalue weighted by Gasteiger charge is 2.16. The Hall–Kier alpha value is -3.15. The molecule has 0 radical (unpaired) electrons. The highest BCUT2D eigenvalue weighted by Crippen LogP contribution is 2.31. The second-order valence-electron chi connectivity index (χ2n) is 6.00. The molecule has 0 spiro atoms. The van der Waals surface area contributed by atoms with Crippen LogP contribution in [-0.2, 0) is 0 Å². The number of fused-ring (bicyclic) bond motifs is 1. The molecule has 0 bridgehead atoms. The number of hydrogen-bond acceptors (Lipinski definition) is 5. The number of methoxy groups -OCH3 is 2. The Labute approximate surface area is 152 Å². The standard InChI is InChI=1S/C20H21N3O3/c1-12-13(2)22-17-10-14(6-8-16(17)21-12)20(24)23(3)15-7-9-18(25-4)19(11-15)26-5/h6-11H,1-5H3. The molecule has 134 valence electrons. The molecule has 0 aliphatic rings. The molecule has 26 heavy (non-hydrogen) atoms. The van der Waals surface area contributed by atoms with Gasteiger partial charge in [-0.25, -0.2) is 9.97 Å². The molecule has 3 rings (SSSR count). The highest BCUT2D eigenvalue weighted by molar-refractivity contribution is 6.07. The van der Waals surface area contributed by atoms with Crippen molar-refractivity contribution in [1.29, 1.82) is 0 Å². The second kappa shape index (κ2) is 7.00. The number of ether oxygens (including phenoxy) is 2. The summed E-state index contributed by atoms with van der Waals surface area (Å²) in [5, 5.41) is 0. The quantitative estimate of drug-likeness (QED) is 0.719. The smallest absolute Gasteiger partial charge is 0.258 e. The first-order chi connectivity index (χ1) is 12.4. The lowest BCUT2D eigenvalue weighted by Crippen LogP contribution is -2.26. The van der Waals surface area contributed by atoms with E-state index < -0.39 is 0 Å². The van der Waals surface area contributed by atoms with Crippen molar-refractivity contribution in [3.8, 4) is 11.5 Å². The van der Waals surface area contributed by atoms with Crippen LogP contribution in [0.2, 0.25) is 0 Å². The van der Waals surface area contributed by atoms with Gasteiger partial charge >= 0.3 is 0 Å². The summed E-state index contributed by atoms with van der Waals surface area (Å²) in [5.41, 5.74) is 4.48. The average Bonchev–Trinajstić information content (AvgIpc) is 2.66. The molecule has 2 aromatic carbocycles. The van der Waals surface area contributed by atoms with Crippen molar-refractivity contribution >= 4 is 22.6 Å². The number of amides is 1. The fraction of sp³-hybridized carbons (Fsp3) is 0.250. The van der Waals surface area contributed by atoms with E-state index in [1.807, 2.05) is 26.0 Å². The van der Waals surface area contributed by atoms with Crippen molar-refractivity contribution in [2.24, 2.45) is 0 Å². The zero-order valence-electron chi connectivity index (χ0n) is 15.5. The first-order valence-electron chi connectivity index (χ1n) is 8.19. The number of aryl methyl sites for hydroxylation is 2. The van der Waals surface area contributed by atoms with Crippen LogP contribution in [0.3, 0.4) is 0 Å². The Morgan fingerprint density at radius 3 is 2.19 bits per heavy atom. The lowest BCUT2D eigenvalue weighted by molar-refractivity contribution is 0.0993. The van der Waals surface area contributed by atoms with Crippen molar-refractivity contribution in [3.05, 3.63) is 53.3 Å². The number of rotatable bonds is 4. The van der Waals surface area contributed by atoms with Gasteiger partial charge in [-0.2, -0.15) is 0 Å². The topological polar surface area (TPSA) is 64.5 Å². The zero-order valence-corrected chi connectivity index (χ0v) is 15.5. The van der Waals surface area contributed by atoms with Crippen LogP contribution in [0.1, 0.15) is 21.7 Å². The zero-order chi connectivity index (χ0) is 18.8. The van der Waals surface area contributed by atoms with Gasteiger partial charge in [-0.05, 0) is 44.2 Å². The average molecular weight is 351 g/mol. The van der Waals surface area contributed by atoms with Crippen molar-refractivity contribution in [2.75, 3.05) is 26.2 Å². The van der Waals surface area contributed by atoms with Gasteiger partial charge in [0.05, 0.1) is 36.6 Å². The van der Waals surface area contributed by atoms with Crippen LogP contribution in [-0.4, -0.2) is 37.1 Å². The van der Waals surface area contributed by atoms with Gasteiger partial charge in [-0.15, -0.1) is 0 Å². The van der Waals surface area contributed by atoms with Crippen molar-refractivity contribution in [2.45, 2.75) is 13.8 Å². The largest absolute Gasteiger partial charge is 0.493 e. The molecule has 0 saturated carbocycles. The number of aromatic nitrogens is 2. The number of nitrogens with zero attached hydrogens (tertiary/aromatic N) is 3. The van der Waals surface area contributed by atoms with Gasteiger partial charge in [-0.1, -0.05) is 0 Å². The van der Waals surface area contributed by atoms with Gasteiger partial charge in [0.15, 0.2) is 11.5 Å². The fourth-order valence-corrected chi connectivity index (χ4v) is 2.71. The molecule has 0 atom stereocenters. The maximum absolute atomic E-state index is 12.9. The van der Waals surface area contributed by atoms with Crippen LogP contribution in [0.15, 0.2) is 36.4 Å². The highest BCUT2D eigenvalue weighted by atomic mass is 16.5. The van der Waals surface area contributed by atoms with E-state index in [1.165, 1.54) is 0 Å². The number of carbonyl (C=O) groups is 1. The molecule has 0 fully saturated rings. The molecule has 0 N–H and O–H groups in total. The van der Waals surface area contributed by atoms with E-state index in [0.717, 1.165) is 16.9 Å². The fourth-order valence-electron chi connectivity index (χ4n) is 2.71. The minimum absolute atomic E-state index is 0.140. The van der Waals surface area contributed by atoms with E-state index >= 15 is 0 Å². The molecular formula is C20H21N3O3. The van der Waals surface area contributed by atoms with Gasteiger partial charge < -0.3 is 14.4 Å². The number of benzene rings is 2. The molecular weight excluding hydrogens is 330 g/mol. The van der Waals surface area contributed by atoms with Crippen molar-refractivity contribution in [3.63, 3.8) is 0 Å². The molecule has 1 heterocycles. The summed E-state index contributed by atoms with van der Waals surface area (Å²) in [6.45, 7) is 3.83. The van der Waals surface area contributed by atoms with Crippen LogP contribution < -0.4 is 14.4 Å². The maximum Gasteiger partial charge on any atom is 0.258 e. The van der Waals surface area contributed by atoms with E-state index in [-0.39, 0.29) is 5.91 Å². The molecule has 0 saturated heterocycles. The Morgan fingerprint density at radius 2 is 1.54 bits per heavy atom. The summed E-state index contributed by atoms with van der Waals surface area (Å²) >= 11 is 0. The normalized spacial score (nSPS) is 10.7. The third-order valence-corrected chi connectivity index (χ3v) is 4.38.